The summed E-state index contributed by atoms with van der Waals surface area (Å²) in [7, 11) is 1.59. The van der Waals surface area contributed by atoms with Crippen LogP contribution in [0.5, 0.6) is 0 Å². The Kier molecular flexibility index (Phi) is 5.91. The van der Waals surface area contributed by atoms with Crippen LogP contribution in [0, 0.1) is 0 Å². The molecule has 0 atom stereocenters. The number of amides is 1. The third-order valence-electron chi connectivity index (χ3n) is 4.43. The number of carbonyl (C=O) groups is 2. The first kappa shape index (κ1) is 21.2. The molecule has 2 heterocycles. The number of nitrogens with zero attached hydrogens (tertiary/aromatic N) is 2. The largest absolute Gasteiger partial charge is 0.545 e. The molecule has 1 aliphatic heterocycles. The number of rotatable bonds is 4. The van der Waals surface area contributed by atoms with Crippen LogP contribution in [0.2, 0.25) is 10.0 Å². The van der Waals surface area contributed by atoms with Gasteiger partial charge in [0.15, 0.2) is 5.17 Å². The second-order valence-electron chi connectivity index (χ2n) is 6.53. The zero-order valence-corrected chi connectivity index (χ0v) is 18.3. The number of halogens is 2. The van der Waals surface area contributed by atoms with Gasteiger partial charge in [0.2, 0.25) is 0 Å². The number of furan rings is 1. The third kappa shape index (κ3) is 4.54. The number of likely N-dealkylation sites (N-methyl/N-ethyl adjacent to an activating group) is 1. The molecule has 156 valence electrons. The van der Waals surface area contributed by atoms with Gasteiger partial charge in [0, 0.05) is 34.3 Å². The zero-order chi connectivity index (χ0) is 22.1. The van der Waals surface area contributed by atoms with Gasteiger partial charge >= 0.3 is 0 Å². The molecule has 0 aliphatic carbocycles. The Balaban J connectivity index is 1.59. The van der Waals surface area contributed by atoms with Crippen LogP contribution in [0.25, 0.3) is 17.4 Å². The summed E-state index contributed by atoms with van der Waals surface area (Å²) in [6.07, 6.45) is 1.64. The molecule has 6 nitrogen and oxygen atoms in total. The molecular weight excluding hydrogens is 459 g/mol. The normalized spacial score (nSPS) is 16.5. The van der Waals surface area contributed by atoms with Gasteiger partial charge in [0.25, 0.3) is 5.91 Å². The molecule has 1 amide bonds. The Morgan fingerprint density at radius 3 is 2.58 bits per heavy atom. The summed E-state index contributed by atoms with van der Waals surface area (Å²) in [5, 5.41) is 12.2. The first-order valence-electron chi connectivity index (χ1n) is 8.95. The van der Waals surface area contributed by atoms with E-state index >= 15 is 0 Å². The Hall–Kier alpha value is -3.00. The number of aromatic carboxylic acids is 1. The molecule has 2 aromatic carbocycles. The molecule has 0 bridgehead atoms. The lowest BCUT2D eigenvalue weighted by atomic mass is 10.2. The topological polar surface area (TPSA) is 85.9 Å². The maximum atomic E-state index is 12.6. The van der Waals surface area contributed by atoms with E-state index in [-0.39, 0.29) is 16.5 Å². The fourth-order valence-corrected chi connectivity index (χ4v) is 4.12. The summed E-state index contributed by atoms with van der Waals surface area (Å²) in [6, 6.07) is 15.1. The van der Waals surface area contributed by atoms with E-state index in [1.807, 2.05) is 18.2 Å². The molecule has 0 unspecified atom stereocenters. The molecule has 1 aliphatic rings. The smallest absolute Gasteiger partial charge is 0.266 e. The summed E-state index contributed by atoms with van der Waals surface area (Å²) < 4.78 is 5.83. The average molecular weight is 472 g/mol. The van der Waals surface area contributed by atoms with Gasteiger partial charge < -0.3 is 14.3 Å². The van der Waals surface area contributed by atoms with E-state index in [1.165, 1.54) is 17.0 Å². The van der Waals surface area contributed by atoms with Crippen molar-refractivity contribution in [3.05, 3.63) is 80.9 Å². The van der Waals surface area contributed by atoms with Crippen LogP contribution in [0.4, 0.5) is 5.69 Å². The van der Waals surface area contributed by atoms with E-state index in [4.69, 9.17) is 27.6 Å². The number of thioether (sulfide) groups is 1. The number of aliphatic imine (C=N–C) groups is 1. The van der Waals surface area contributed by atoms with E-state index < -0.39 is 5.97 Å². The predicted octanol–water partition coefficient (Wildman–Crippen LogP) is 4.85. The van der Waals surface area contributed by atoms with Crippen molar-refractivity contribution in [3.8, 4) is 11.3 Å². The highest BCUT2D eigenvalue weighted by Gasteiger charge is 2.30. The van der Waals surface area contributed by atoms with Crippen LogP contribution in [-0.2, 0) is 4.79 Å². The van der Waals surface area contributed by atoms with E-state index in [0.717, 1.165) is 17.3 Å². The van der Waals surface area contributed by atoms with Gasteiger partial charge in [0.1, 0.15) is 11.5 Å². The van der Waals surface area contributed by atoms with Crippen LogP contribution >= 0.6 is 35.0 Å². The van der Waals surface area contributed by atoms with Crippen molar-refractivity contribution in [1.82, 2.24) is 4.90 Å². The minimum atomic E-state index is -1.40. The van der Waals surface area contributed by atoms with Crippen LogP contribution in [0.15, 0.2) is 68.9 Å². The van der Waals surface area contributed by atoms with Crippen molar-refractivity contribution in [1.29, 1.82) is 0 Å². The Morgan fingerprint density at radius 2 is 1.87 bits per heavy atom. The molecule has 4 rings (SSSR count). The molecule has 0 radical (unpaired) electrons. The van der Waals surface area contributed by atoms with Crippen LogP contribution in [0.1, 0.15) is 16.1 Å². The molecule has 0 saturated carbocycles. The maximum absolute atomic E-state index is 12.6. The Bertz CT molecular complexity index is 1250. The van der Waals surface area contributed by atoms with Crippen molar-refractivity contribution in [2.24, 2.45) is 4.99 Å². The van der Waals surface area contributed by atoms with Crippen molar-refractivity contribution >= 4 is 63.8 Å². The van der Waals surface area contributed by atoms with Crippen molar-refractivity contribution in [3.63, 3.8) is 0 Å². The van der Waals surface area contributed by atoms with E-state index in [9.17, 15) is 14.7 Å². The van der Waals surface area contributed by atoms with Crippen LogP contribution < -0.4 is 5.11 Å². The number of carboxylic acids is 1. The summed E-state index contributed by atoms with van der Waals surface area (Å²) in [5.74, 6) is -0.480. The summed E-state index contributed by atoms with van der Waals surface area (Å²) in [5.41, 5.74) is 1.04. The molecule has 1 aromatic heterocycles. The van der Waals surface area contributed by atoms with E-state index in [2.05, 4.69) is 4.99 Å². The SMILES string of the molecule is CN1C(=O)/C(=C/c2ccc(-c3ccc(Cl)cc3)o2)SC1=Nc1ccc(Cl)c(C(=O)[O-])c1. The van der Waals surface area contributed by atoms with Crippen LogP contribution in [0.3, 0.4) is 0 Å². The first-order chi connectivity index (χ1) is 14.8. The second kappa shape index (κ2) is 8.63. The number of amidine groups is 1. The van der Waals surface area contributed by atoms with Gasteiger partial charge in [-0.25, -0.2) is 4.99 Å². The van der Waals surface area contributed by atoms with E-state index in [0.29, 0.717) is 32.3 Å². The quantitative estimate of drug-likeness (QED) is 0.507. The molecule has 9 heteroatoms. The predicted molar refractivity (Wildman–Crippen MR) is 120 cm³/mol. The highest BCUT2D eigenvalue weighted by Crippen LogP contribution is 2.34. The van der Waals surface area contributed by atoms with Gasteiger partial charge in [-0.1, -0.05) is 23.2 Å². The Morgan fingerprint density at radius 1 is 1.13 bits per heavy atom. The van der Waals surface area contributed by atoms with Crippen LogP contribution in [-0.4, -0.2) is 29.0 Å². The monoisotopic (exact) mass is 471 g/mol. The number of carbonyl (C=O) groups excluding carboxylic acids is 2. The van der Waals surface area contributed by atoms with Crippen molar-refractivity contribution in [2.75, 3.05) is 7.05 Å². The standard InChI is InChI=1S/C22H14Cl2N2O4S/c1-26-20(27)19(11-15-7-9-18(30-15)12-2-4-13(23)5-3-12)31-22(26)25-14-6-8-17(24)16(10-14)21(28)29/h2-11H,1H3,(H,28,29)/p-1/b19-11-,25-22?. The fraction of sp³-hybridized carbons (Fsp3) is 0.0455. The molecule has 0 N–H and O–H groups in total. The van der Waals surface area contributed by atoms with Gasteiger partial charge in [-0.05, 0) is 66.4 Å². The lowest BCUT2D eigenvalue weighted by Gasteiger charge is -2.09. The minimum Gasteiger partial charge on any atom is -0.545 e. The lowest BCUT2D eigenvalue weighted by molar-refractivity contribution is -0.255. The molecule has 3 aromatic rings. The first-order valence-corrected chi connectivity index (χ1v) is 10.5. The Labute approximate surface area is 191 Å². The van der Waals surface area contributed by atoms with Crippen molar-refractivity contribution in [2.45, 2.75) is 0 Å². The number of carboxylic acid groups (broad SMARTS) is 1. The van der Waals surface area contributed by atoms with E-state index in [1.54, 1.807) is 37.4 Å². The molecular formula is C22H13Cl2N2O4S-. The average Bonchev–Trinajstić information content (AvgIpc) is 3.31. The molecule has 1 fully saturated rings. The molecule has 0 spiro atoms. The highest BCUT2D eigenvalue weighted by atomic mass is 35.5. The summed E-state index contributed by atoms with van der Waals surface area (Å²) in [4.78, 5) is 30.0. The molecule has 31 heavy (non-hydrogen) atoms. The van der Waals surface area contributed by atoms with Gasteiger partial charge in [-0.15, -0.1) is 0 Å². The summed E-state index contributed by atoms with van der Waals surface area (Å²) in [6.45, 7) is 0. The number of hydrogen-bond donors (Lipinski definition) is 0. The second-order valence-corrected chi connectivity index (χ2v) is 8.38. The summed E-state index contributed by atoms with van der Waals surface area (Å²) >= 11 is 12.9. The minimum absolute atomic E-state index is 0.0577. The van der Waals surface area contributed by atoms with Gasteiger partial charge in [0.05, 0.1) is 16.6 Å². The van der Waals surface area contributed by atoms with Gasteiger partial charge in [-0.3, -0.25) is 9.69 Å². The zero-order valence-electron chi connectivity index (χ0n) is 16.0. The highest BCUT2D eigenvalue weighted by molar-refractivity contribution is 8.18. The third-order valence-corrected chi connectivity index (χ3v) is 6.07. The fourth-order valence-electron chi connectivity index (χ4n) is 2.83. The number of benzene rings is 2. The molecule has 1 saturated heterocycles. The van der Waals surface area contributed by atoms with Gasteiger partial charge in [-0.2, -0.15) is 0 Å². The lowest BCUT2D eigenvalue weighted by Crippen LogP contribution is -2.24. The maximum Gasteiger partial charge on any atom is 0.266 e. The number of hydrogen-bond acceptors (Lipinski definition) is 6. The van der Waals surface area contributed by atoms with Crippen molar-refractivity contribution < 1.29 is 19.1 Å².